The maximum atomic E-state index is 12.7. The number of nitrogens with zero attached hydrogens (tertiary/aromatic N) is 3. The maximum Gasteiger partial charge on any atom is 0.424 e. The van der Waals surface area contributed by atoms with E-state index in [9.17, 15) is 23.3 Å². The van der Waals surface area contributed by atoms with E-state index >= 15 is 0 Å². The van der Waals surface area contributed by atoms with Gasteiger partial charge < -0.3 is 0 Å². The number of halogens is 4. The van der Waals surface area contributed by atoms with Gasteiger partial charge in [0.05, 0.1) is 4.92 Å². The van der Waals surface area contributed by atoms with Gasteiger partial charge in [-0.2, -0.15) is 18.4 Å². The third-order valence-corrected chi connectivity index (χ3v) is 2.15. The lowest BCUT2D eigenvalue weighted by Gasteiger charge is -2.11. The lowest BCUT2D eigenvalue weighted by atomic mass is 10.1. The molecule has 1 rings (SSSR count). The highest BCUT2D eigenvalue weighted by atomic mass is 35.5. The van der Waals surface area contributed by atoms with Crippen LogP contribution in [0.5, 0.6) is 0 Å². The summed E-state index contributed by atoms with van der Waals surface area (Å²) in [5.41, 5.74) is -4.45. The van der Waals surface area contributed by atoms with Crippen LogP contribution in [-0.2, 0) is 6.18 Å². The summed E-state index contributed by atoms with van der Waals surface area (Å²) in [6.45, 7) is 1.01. The summed E-state index contributed by atoms with van der Waals surface area (Å²) in [6.07, 6.45) is -5.05. The van der Waals surface area contributed by atoms with Gasteiger partial charge in [-0.15, -0.1) is 0 Å². The Kier molecular flexibility index (Phi) is 3.24. The Morgan fingerprint density at radius 1 is 1.53 bits per heavy atom. The molecule has 0 aliphatic rings. The minimum absolute atomic E-state index is 0.494. The Labute approximate surface area is 97.6 Å². The Hall–Kier alpha value is -1.88. The summed E-state index contributed by atoms with van der Waals surface area (Å²) < 4.78 is 38.0. The van der Waals surface area contributed by atoms with Crippen molar-refractivity contribution in [1.82, 2.24) is 4.98 Å². The fourth-order valence-corrected chi connectivity index (χ4v) is 1.52. The fourth-order valence-electron chi connectivity index (χ4n) is 1.26. The highest BCUT2D eigenvalue weighted by Gasteiger charge is 2.44. The summed E-state index contributed by atoms with van der Waals surface area (Å²) in [6, 6.07) is 1.17. The molecule has 0 aliphatic heterocycles. The second-order valence-corrected chi connectivity index (χ2v) is 3.31. The van der Waals surface area contributed by atoms with Crippen LogP contribution >= 0.6 is 11.6 Å². The van der Waals surface area contributed by atoms with Crippen molar-refractivity contribution >= 4 is 17.3 Å². The average molecular weight is 266 g/mol. The minimum Gasteiger partial charge on any atom is -0.258 e. The first-order valence-electron chi connectivity index (χ1n) is 4.02. The largest absolute Gasteiger partial charge is 0.424 e. The molecule has 0 radical (unpaired) electrons. The molecule has 1 aromatic rings. The van der Waals surface area contributed by atoms with Gasteiger partial charge in [0, 0.05) is 0 Å². The number of rotatable bonds is 1. The first-order chi connectivity index (χ1) is 7.70. The van der Waals surface area contributed by atoms with Crippen molar-refractivity contribution in [3.05, 3.63) is 32.1 Å². The van der Waals surface area contributed by atoms with Gasteiger partial charge in [-0.1, -0.05) is 11.6 Å². The van der Waals surface area contributed by atoms with E-state index < -0.39 is 38.8 Å². The molecule has 0 aliphatic carbocycles. The van der Waals surface area contributed by atoms with Gasteiger partial charge in [-0.25, -0.2) is 4.98 Å². The Morgan fingerprint density at radius 3 is 2.41 bits per heavy atom. The molecular weight excluding hydrogens is 263 g/mol. The number of hydrogen-bond donors (Lipinski definition) is 0. The first kappa shape index (κ1) is 13.2. The molecule has 0 atom stereocenters. The van der Waals surface area contributed by atoms with E-state index in [1.54, 1.807) is 0 Å². The molecular formula is C8H3ClF3N3O2. The van der Waals surface area contributed by atoms with Crippen molar-refractivity contribution in [2.75, 3.05) is 0 Å². The molecule has 0 N–H and O–H groups in total. The predicted molar refractivity (Wildman–Crippen MR) is 50.4 cm³/mol. The Balaban J connectivity index is 3.85. The van der Waals surface area contributed by atoms with Crippen LogP contribution in [0.15, 0.2) is 0 Å². The molecule has 0 saturated carbocycles. The Bertz CT molecular complexity index is 536. The van der Waals surface area contributed by atoms with E-state index in [4.69, 9.17) is 16.9 Å². The van der Waals surface area contributed by atoms with E-state index in [1.807, 2.05) is 0 Å². The van der Waals surface area contributed by atoms with Crippen LogP contribution in [-0.4, -0.2) is 9.91 Å². The quantitative estimate of drug-likeness (QED) is 0.444. The van der Waals surface area contributed by atoms with E-state index in [0.29, 0.717) is 0 Å². The van der Waals surface area contributed by atoms with Crippen LogP contribution in [0.2, 0.25) is 5.15 Å². The summed E-state index contributed by atoms with van der Waals surface area (Å²) >= 11 is 5.36. The Morgan fingerprint density at radius 2 is 2.06 bits per heavy atom. The molecule has 0 bridgehead atoms. The second-order valence-electron chi connectivity index (χ2n) is 2.95. The number of hydrogen-bond acceptors (Lipinski definition) is 4. The molecule has 0 unspecified atom stereocenters. The van der Waals surface area contributed by atoms with Crippen molar-refractivity contribution < 1.29 is 18.1 Å². The second kappa shape index (κ2) is 4.18. The third kappa shape index (κ3) is 2.29. The molecule has 1 aromatic heterocycles. The normalized spacial score (nSPS) is 11.1. The van der Waals surface area contributed by atoms with Gasteiger partial charge in [0.2, 0.25) is 0 Å². The summed E-state index contributed by atoms with van der Waals surface area (Å²) in [4.78, 5) is 12.7. The molecule has 0 aromatic carbocycles. The number of aryl methyl sites for hydroxylation is 1. The predicted octanol–water partition coefficient (Wildman–Crippen LogP) is 2.84. The van der Waals surface area contributed by atoms with Gasteiger partial charge in [0.25, 0.3) is 0 Å². The maximum absolute atomic E-state index is 12.7. The number of aromatic nitrogens is 1. The van der Waals surface area contributed by atoms with Gasteiger partial charge >= 0.3 is 11.9 Å². The van der Waals surface area contributed by atoms with Crippen LogP contribution in [0.25, 0.3) is 0 Å². The van der Waals surface area contributed by atoms with Gasteiger partial charge in [-0.3, -0.25) is 10.1 Å². The van der Waals surface area contributed by atoms with Crippen LogP contribution in [0.3, 0.4) is 0 Å². The van der Waals surface area contributed by atoms with Crippen molar-refractivity contribution in [2.24, 2.45) is 0 Å². The number of alkyl halides is 3. The SMILES string of the molecule is Cc1nc(Cl)c(C#N)c(C(F)(F)F)c1[N+](=O)[O-]. The lowest BCUT2D eigenvalue weighted by Crippen LogP contribution is -2.14. The molecule has 9 heteroatoms. The molecule has 17 heavy (non-hydrogen) atoms. The van der Waals surface area contributed by atoms with E-state index in [0.717, 1.165) is 6.92 Å². The van der Waals surface area contributed by atoms with E-state index in [2.05, 4.69) is 4.98 Å². The van der Waals surface area contributed by atoms with Gasteiger partial charge in [-0.05, 0) is 6.92 Å². The monoisotopic (exact) mass is 265 g/mol. The highest BCUT2D eigenvalue weighted by molar-refractivity contribution is 6.30. The first-order valence-corrected chi connectivity index (χ1v) is 4.39. The van der Waals surface area contributed by atoms with Crippen molar-refractivity contribution in [3.8, 4) is 6.07 Å². The van der Waals surface area contributed by atoms with Crippen LogP contribution < -0.4 is 0 Å². The summed E-state index contributed by atoms with van der Waals surface area (Å²) in [5.74, 6) is 0. The smallest absolute Gasteiger partial charge is 0.258 e. The molecule has 0 fully saturated rings. The molecule has 90 valence electrons. The lowest BCUT2D eigenvalue weighted by molar-refractivity contribution is -0.389. The van der Waals surface area contributed by atoms with E-state index in [-0.39, 0.29) is 0 Å². The zero-order valence-corrected chi connectivity index (χ0v) is 8.93. The average Bonchev–Trinajstić information content (AvgIpc) is 2.14. The third-order valence-electron chi connectivity index (χ3n) is 1.88. The molecule has 0 spiro atoms. The zero-order chi connectivity index (χ0) is 13.4. The fraction of sp³-hybridized carbons (Fsp3) is 0.250. The summed E-state index contributed by atoms with van der Waals surface area (Å²) in [5, 5.41) is 18.4. The summed E-state index contributed by atoms with van der Waals surface area (Å²) in [7, 11) is 0. The van der Waals surface area contributed by atoms with Crippen LogP contribution in [0.4, 0.5) is 18.9 Å². The zero-order valence-electron chi connectivity index (χ0n) is 8.17. The molecule has 0 saturated heterocycles. The molecule has 5 nitrogen and oxygen atoms in total. The topological polar surface area (TPSA) is 79.8 Å². The van der Waals surface area contributed by atoms with Gasteiger partial charge in [0.15, 0.2) is 5.56 Å². The van der Waals surface area contributed by atoms with E-state index in [1.165, 1.54) is 6.07 Å². The number of nitriles is 1. The van der Waals surface area contributed by atoms with Crippen molar-refractivity contribution in [1.29, 1.82) is 5.26 Å². The van der Waals surface area contributed by atoms with Crippen LogP contribution in [0, 0.1) is 28.4 Å². The molecule has 0 amide bonds. The number of nitro groups is 1. The van der Waals surface area contributed by atoms with Crippen LogP contribution in [0.1, 0.15) is 16.8 Å². The van der Waals surface area contributed by atoms with Crippen molar-refractivity contribution in [2.45, 2.75) is 13.1 Å². The van der Waals surface area contributed by atoms with Crippen molar-refractivity contribution in [3.63, 3.8) is 0 Å². The van der Waals surface area contributed by atoms with Gasteiger partial charge in [0.1, 0.15) is 22.5 Å². The minimum atomic E-state index is -5.05. The number of pyridine rings is 1. The standard InChI is InChI=1S/C8H3ClF3N3O2/c1-3-6(15(16)17)5(8(10,11)12)4(2-13)7(9)14-3/h1H3. The molecule has 1 heterocycles. The highest BCUT2D eigenvalue weighted by Crippen LogP contribution is 2.41.